The molecule has 21 heavy (non-hydrogen) atoms. The van der Waals surface area contributed by atoms with Crippen LogP contribution in [0.5, 0.6) is 11.5 Å². The third-order valence-electron chi connectivity index (χ3n) is 3.01. The molecule has 2 aromatic carbocycles. The summed E-state index contributed by atoms with van der Waals surface area (Å²) in [5.74, 6) is 1.19. The standard InChI is InChI=1S/C17H17NO3/c1-2-20-17-9-13(11-19)7-8-16(17)21-12-15-6-4-3-5-14(15)10-18/h3-9,19H,2,11-12H2,1H3. The highest BCUT2D eigenvalue weighted by atomic mass is 16.5. The zero-order valence-electron chi connectivity index (χ0n) is 11.9. The summed E-state index contributed by atoms with van der Waals surface area (Å²) in [5, 5.41) is 18.2. The van der Waals surface area contributed by atoms with Crippen LogP contribution in [0, 0.1) is 11.3 Å². The van der Waals surface area contributed by atoms with Gasteiger partial charge in [0.05, 0.1) is 24.8 Å². The molecular formula is C17H17NO3. The van der Waals surface area contributed by atoms with Gasteiger partial charge in [-0.25, -0.2) is 0 Å². The van der Waals surface area contributed by atoms with Gasteiger partial charge < -0.3 is 14.6 Å². The van der Waals surface area contributed by atoms with E-state index in [0.29, 0.717) is 30.3 Å². The molecular weight excluding hydrogens is 266 g/mol. The van der Waals surface area contributed by atoms with Crippen LogP contribution in [0.2, 0.25) is 0 Å². The van der Waals surface area contributed by atoms with Crippen LogP contribution in [-0.4, -0.2) is 11.7 Å². The first-order valence-corrected chi connectivity index (χ1v) is 6.76. The largest absolute Gasteiger partial charge is 0.490 e. The highest BCUT2D eigenvalue weighted by Crippen LogP contribution is 2.29. The number of nitrogens with zero attached hydrogens (tertiary/aromatic N) is 1. The Morgan fingerprint density at radius 2 is 1.90 bits per heavy atom. The molecule has 4 nitrogen and oxygen atoms in total. The molecule has 0 atom stereocenters. The minimum absolute atomic E-state index is 0.0440. The van der Waals surface area contributed by atoms with Crippen LogP contribution in [0.15, 0.2) is 42.5 Å². The van der Waals surface area contributed by atoms with E-state index in [2.05, 4.69) is 6.07 Å². The van der Waals surface area contributed by atoms with Crippen molar-refractivity contribution in [3.63, 3.8) is 0 Å². The maximum atomic E-state index is 9.16. The van der Waals surface area contributed by atoms with Crippen LogP contribution in [0.25, 0.3) is 0 Å². The van der Waals surface area contributed by atoms with E-state index >= 15 is 0 Å². The summed E-state index contributed by atoms with van der Waals surface area (Å²) in [6.45, 7) is 2.65. The van der Waals surface area contributed by atoms with E-state index < -0.39 is 0 Å². The minimum Gasteiger partial charge on any atom is -0.490 e. The summed E-state index contributed by atoms with van der Waals surface area (Å²) in [6.07, 6.45) is 0. The fraction of sp³-hybridized carbons (Fsp3) is 0.235. The Morgan fingerprint density at radius 1 is 1.10 bits per heavy atom. The fourth-order valence-corrected chi connectivity index (χ4v) is 1.95. The second-order valence-corrected chi connectivity index (χ2v) is 4.43. The number of aliphatic hydroxyl groups excluding tert-OH is 1. The van der Waals surface area contributed by atoms with E-state index in [-0.39, 0.29) is 6.61 Å². The monoisotopic (exact) mass is 283 g/mol. The van der Waals surface area contributed by atoms with Crippen molar-refractivity contribution in [1.29, 1.82) is 5.26 Å². The predicted molar refractivity (Wildman–Crippen MR) is 79.0 cm³/mol. The van der Waals surface area contributed by atoms with Gasteiger partial charge in [0.15, 0.2) is 11.5 Å². The average molecular weight is 283 g/mol. The highest BCUT2D eigenvalue weighted by molar-refractivity contribution is 5.43. The number of nitriles is 1. The molecule has 0 saturated heterocycles. The number of ether oxygens (including phenoxy) is 2. The topological polar surface area (TPSA) is 62.5 Å². The zero-order chi connectivity index (χ0) is 15.1. The van der Waals surface area contributed by atoms with Crippen LogP contribution < -0.4 is 9.47 Å². The van der Waals surface area contributed by atoms with Gasteiger partial charge in [0, 0.05) is 5.56 Å². The lowest BCUT2D eigenvalue weighted by Crippen LogP contribution is -2.01. The summed E-state index contributed by atoms with van der Waals surface area (Å²) < 4.78 is 11.3. The van der Waals surface area contributed by atoms with Gasteiger partial charge in [0.1, 0.15) is 6.61 Å². The number of benzene rings is 2. The molecule has 2 aromatic rings. The van der Waals surface area contributed by atoms with Crippen molar-refractivity contribution in [3.05, 3.63) is 59.2 Å². The van der Waals surface area contributed by atoms with Crippen LogP contribution in [0.1, 0.15) is 23.6 Å². The second kappa shape index (κ2) is 7.32. The Morgan fingerprint density at radius 3 is 2.62 bits per heavy atom. The molecule has 0 amide bonds. The lowest BCUT2D eigenvalue weighted by molar-refractivity contribution is 0.263. The smallest absolute Gasteiger partial charge is 0.161 e. The SMILES string of the molecule is CCOc1cc(CO)ccc1OCc1ccccc1C#N. The van der Waals surface area contributed by atoms with Crippen molar-refractivity contribution < 1.29 is 14.6 Å². The predicted octanol–water partition coefficient (Wildman–Crippen LogP) is 3.03. The summed E-state index contributed by atoms with van der Waals surface area (Å²) in [4.78, 5) is 0. The van der Waals surface area contributed by atoms with Crippen LogP contribution in [-0.2, 0) is 13.2 Å². The Bertz CT molecular complexity index is 647. The summed E-state index contributed by atoms with van der Waals surface area (Å²) >= 11 is 0. The first kappa shape index (κ1) is 14.9. The van der Waals surface area contributed by atoms with Gasteiger partial charge in [-0.05, 0) is 30.7 Å². The lowest BCUT2D eigenvalue weighted by Gasteiger charge is -2.13. The van der Waals surface area contributed by atoms with Crippen molar-refractivity contribution in [2.45, 2.75) is 20.1 Å². The van der Waals surface area contributed by atoms with Gasteiger partial charge in [-0.2, -0.15) is 5.26 Å². The van der Waals surface area contributed by atoms with E-state index in [1.165, 1.54) is 0 Å². The van der Waals surface area contributed by atoms with Crippen LogP contribution >= 0.6 is 0 Å². The molecule has 1 N–H and O–H groups in total. The summed E-state index contributed by atoms with van der Waals surface area (Å²) in [5.41, 5.74) is 2.19. The van der Waals surface area contributed by atoms with Gasteiger partial charge in [-0.1, -0.05) is 24.3 Å². The van der Waals surface area contributed by atoms with E-state index in [1.54, 1.807) is 24.3 Å². The molecule has 0 bridgehead atoms. The molecule has 4 heteroatoms. The normalized spacial score (nSPS) is 9.95. The minimum atomic E-state index is -0.0440. The van der Waals surface area contributed by atoms with Crippen molar-refractivity contribution >= 4 is 0 Å². The molecule has 0 aromatic heterocycles. The molecule has 0 saturated carbocycles. The van der Waals surface area contributed by atoms with Gasteiger partial charge >= 0.3 is 0 Å². The zero-order valence-corrected chi connectivity index (χ0v) is 11.9. The highest BCUT2D eigenvalue weighted by Gasteiger charge is 2.08. The molecule has 2 rings (SSSR count). The molecule has 0 aliphatic rings. The van der Waals surface area contributed by atoms with Crippen molar-refractivity contribution in [2.24, 2.45) is 0 Å². The van der Waals surface area contributed by atoms with Crippen molar-refractivity contribution in [2.75, 3.05) is 6.61 Å². The number of hydrogen-bond acceptors (Lipinski definition) is 4. The van der Waals surface area contributed by atoms with E-state index in [0.717, 1.165) is 11.1 Å². The summed E-state index contributed by atoms with van der Waals surface area (Å²) in [6, 6.07) is 14.8. The second-order valence-electron chi connectivity index (χ2n) is 4.43. The van der Waals surface area contributed by atoms with E-state index in [9.17, 15) is 0 Å². The van der Waals surface area contributed by atoms with Gasteiger partial charge in [0.25, 0.3) is 0 Å². The molecule has 108 valence electrons. The Labute approximate surface area is 124 Å². The number of hydrogen-bond donors (Lipinski definition) is 1. The first-order chi connectivity index (χ1) is 10.3. The number of aliphatic hydroxyl groups is 1. The van der Waals surface area contributed by atoms with E-state index in [4.69, 9.17) is 19.8 Å². The first-order valence-electron chi connectivity index (χ1n) is 6.76. The lowest BCUT2D eigenvalue weighted by atomic mass is 10.1. The fourth-order valence-electron chi connectivity index (χ4n) is 1.95. The number of rotatable bonds is 6. The maximum Gasteiger partial charge on any atom is 0.161 e. The Kier molecular flexibility index (Phi) is 5.19. The molecule has 0 aliphatic heterocycles. The molecule has 0 unspecified atom stereocenters. The van der Waals surface area contributed by atoms with Crippen LogP contribution in [0.3, 0.4) is 0 Å². The molecule has 0 radical (unpaired) electrons. The van der Waals surface area contributed by atoms with Gasteiger partial charge in [-0.15, -0.1) is 0 Å². The van der Waals surface area contributed by atoms with Crippen molar-refractivity contribution in [3.8, 4) is 17.6 Å². The third kappa shape index (κ3) is 3.74. The molecule has 0 fully saturated rings. The molecule has 0 heterocycles. The van der Waals surface area contributed by atoms with Crippen molar-refractivity contribution in [1.82, 2.24) is 0 Å². The van der Waals surface area contributed by atoms with E-state index in [1.807, 2.05) is 25.1 Å². The van der Waals surface area contributed by atoms with Crippen LogP contribution in [0.4, 0.5) is 0 Å². The third-order valence-corrected chi connectivity index (χ3v) is 3.01. The van der Waals surface area contributed by atoms with Gasteiger partial charge in [0.2, 0.25) is 0 Å². The molecule has 0 spiro atoms. The quantitative estimate of drug-likeness (QED) is 0.885. The molecule has 0 aliphatic carbocycles. The Hall–Kier alpha value is -2.51. The average Bonchev–Trinajstić information content (AvgIpc) is 2.54. The summed E-state index contributed by atoms with van der Waals surface area (Å²) in [7, 11) is 0. The maximum absolute atomic E-state index is 9.16. The van der Waals surface area contributed by atoms with Gasteiger partial charge in [-0.3, -0.25) is 0 Å². The Balaban J connectivity index is 2.17.